The Labute approximate surface area is 114 Å². The number of halogens is 1. The molecule has 92 valence electrons. The van der Waals surface area contributed by atoms with Crippen molar-refractivity contribution in [1.82, 2.24) is 9.78 Å². The van der Waals surface area contributed by atoms with Crippen LogP contribution in [0.1, 0.15) is 18.9 Å². The normalized spacial score (nSPS) is 10.1. The van der Waals surface area contributed by atoms with Crippen molar-refractivity contribution < 1.29 is 4.74 Å². The third-order valence-corrected chi connectivity index (χ3v) is 2.97. The van der Waals surface area contributed by atoms with E-state index < -0.39 is 0 Å². The van der Waals surface area contributed by atoms with Crippen LogP contribution in [-0.2, 0) is 6.54 Å². The molecule has 0 spiro atoms. The molecule has 0 unspecified atom stereocenters. The van der Waals surface area contributed by atoms with E-state index in [0.717, 1.165) is 17.4 Å². The predicted octanol–water partition coefficient (Wildman–Crippen LogP) is 3.72. The average Bonchev–Trinajstić information content (AvgIpc) is 2.80. The Hall–Kier alpha value is -1.80. The van der Waals surface area contributed by atoms with Gasteiger partial charge in [0.15, 0.2) is 5.75 Å². The minimum atomic E-state index is 0.593. The van der Waals surface area contributed by atoms with E-state index in [1.807, 2.05) is 10.9 Å². The van der Waals surface area contributed by atoms with Crippen molar-refractivity contribution in [1.29, 1.82) is 5.26 Å². The minimum Gasteiger partial charge on any atom is -0.453 e. The van der Waals surface area contributed by atoms with Crippen LogP contribution in [0.3, 0.4) is 0 Å². The van der Waals surface area contributed by atoms with Gasteiger partial charge in [0.25, 0.3) is 0 Å². The predicted molar refractivity (Wildman–Crippen MR) is 71.4 cm³/mol. The third-order valence-electron chi connectivity index (χ3n) is 2.35. The van der Waals surface area contributed by atoms with E-state index in [0.29, 0.717) is 17.1 Å². The average molecular weight is 306 g/mol. The van der Waals surface area contributed by atoms with Gasteiger partial charge in [0.2, 0.25) is 0 Å². The van der Waals surface area contributed by atoms with Gasteiger partial charge >= 0.3 is 0 Å². The summed E-state index contributed by atoms with van der Waals surface area (Å²) in [6, 6.07) is 7.29. The fourth-order valence-corrected chi connectivity index (χ4v) is 1.99. The van der Waals surface area contributed by atoms with Crippen molar-refractivity contribution in [2.24, 2.45) is 0 Å². The summed E-state index contributed by atoms with van der Waals surface area (Å²) in [5, 5.41) is 13.0. The molecule has 5 heteroatoms. The number of aromatic nitrogens is 2. The van der Waals surface area contributed by atoms with Crippen LogP contribution in [-0.4, -0.2) is 9.78 Å². The summed E-state index contributed by atoms with van der Waals surface area (Å²) >= 11 is 3.38. The molecule has 0 radical (unpaired) electrons. The topological polar surface area (TPSA) is 50.8 Å². The Balaban J connectivity index is 2.15. The Bertz CT molecular complexity index is 586. The molecule has 1 aromatic heterocycles. The largest absolute Gasteiger partial charge is 0.453 e. The summed E-state index contributed by atoms with van der Waals surface area (Å²) in [5.41, 5.74) is 0.593. The zero-order valence-electron chi connectivity index (χ0n) is 9.93. The van der Waals surface area contributed by atoms with E-state index >= 15 is 0 Å². The van der Waals surface area contributed by atoms with E-state index in [-0.39, 0.29) is 0 Å². The van der Waals surface area contributed by atoms with Crippen LogP contribution in [0, 0.1) is 11.3 Å². The van der Waals surface area contributed by atoms with Crippen molar-refractivity contribution in [2.75, 3.05) is 0 Å². The molecular weight excluding hydrogens is 294 g/mol. The van der Waals surface area contributed by atoms with Gasteiger partial charge in [-0.15, -0.1) is 0 Å². The summed E-state index contributed by atoms with van der Waals surface area (Å²) in [4.78, 5) is 0. The summed E-state index contributed by atoms with van der Waals surface area (Å²) in [6.07, 6.45) is 4.57. The zero-order chi connectivity index (χ0) is 13.0. The van der Waals surface area contributed by atoms with Gasteiger partial charge in [-0.2, -0.15) is 10.4 Å². The highest BCUT2D eigenvalue weighted by molar-refractivity contribution is 9.10. The fraction of sp³-hybridized carbons (Fsp3) is 0.231. The van der Waals surface area contributed by atoms with E-state index in [9.17, 15) is 0 Å². The molecule has 0 bridgehead atoms. The van der Waals surface area contributed by atoms with Gasteiger partial charge in [-0.3, -0.25) is 4.68 Å². The number of benzene rings is 1. The van der Waals surface area contributed by atoms with E-state index in [2.05, 4.69) is 34.0 Å². The van der Waals surface area contributed by atoms with Gasteiger partial charge in [0.05, 0.1) is 28.5 Å². The molecular formula is C13H12BrN3O. The van der Waals surface area contributed by atoms with Crippen LogP contribution in [0.5, 0.6) is 11.5 Å². The fourth-order valence-electron chi connectivity index (χ4n) is 1.53. The summed E-state index contributed by atoms with van der Waals surface area (Å²) in [6.45, 7) is 2.97. The third kappa shape index (κ3) is 2.90. The molecule has 0 N–H and O–H groups in total. The second kappa shape index (κ2) is 5.69. The van der Waals surface area contributed by atoms with Crippen LogP contribution in [0.25, 0.3) is 0 Å². The maximum Gasteiger partial charge on any atom is 0.165 e. The Kier molecular flexibility index (Phi) is 4.00. The number of hydrogen-bond acceptors (Lipinski definition) is 3. The standard InChI is InChI=1S/C13H12BrN3O/c1-2-5-17-9-11(8-16-17)18-13-4-3-10(7-15)6-12(13)14/h3-4,6,8-9H,2,5H2,1H3. The first-order valence-electron chi connectivity index (χ1n) is 5.63. The Morgan fingerprint density at radius 2 is 2.33 bits per heavy atom. The first kappa shape index (κ1) is 12.7. The summed E-state index contributed by atoms with van der Waals surface area (Å²) < 4.78 is 8.29. The second-order valence-corrected chi connectivity index (χ2v) is 4.65. The van der Waals surface area contributed by atoms with Crippen molar-refractivity contribution >= 4 is 15.9 Å². The molecule has 0 aliphatic heterocycles. The molecule has 4 nitrogen and oxygen atoms in total. The van der Waals surface area contributed by atoms with E-state index in [4.69, 9.17) is 10.00 Å². The lowest BCUT2D eigenvalue weighted by Crippen LogP contribution is -1.95. The summed E-state index contributed by atoms with van der Waals surface area (Å²) in [7, 11) is 0. The van der Waals surface area contributed by atoms with Crippen molar-refractivity contribution in [3.05, 3.63) is 40.6 Å². The molecule has 2 aromatic rings. The SMILES string of the molecule is CCCn1cc(Oc2ccc(C#N)cc2Br)cn1. The van der Waals surface area contributed by atoms with Crippen LogP contribution < -0.4 is 4.74 Å². The number of ether oxygens (including phenoxy) is 1. The van der Waals surface area contributed by atoms with Gasteiger partial charge in [-0.05, 0) is 40.5 Å². The molecule has 0 saturated carbocycles. The number of rotatable bonds is 4. The molecule has 0 amide bonds. The quantitative estimate of drug-likeness (QED) is 0.865. The molecule has 1 heterocycles. The van der Waals surface area contributed by atoms with E-state index in [1.165, 1.54) is 0 Å². The summed E-state index contributed by atoms with van der Waals surface area (Å²) in [5.74, 6) is 1.36. The van der Waals surface area contributed by atoms with Crippen LogP contribution in [0.4, 0.5) is 0 Å². The van der Waals surface area contributed by atoms with Crippen LogP contribution in [0.15, 0.2) is 35.1 Å². The first-order chi connectivity index (χ1) is 8.72. The monoisotopic (exact) mass is 305 g/mol. The molecule has 1 aromatic carbocycles. The number of aryl methyl sites for hydroxylation is 1. The lowest BCUT2D eigenvalue weighted by Gasteiger charge is -2.05. The maximum absolute atomic E-state index is 8.78. The molecule has 18 heavy (non-hydrogen) atoms. The number of nitrogens with zero attached hydrogens (tertiary/aromatic N) is 3. The van der Waals surface area contributed by atoms with E-state index in [1.54, 1.807) is 24.4 Å². The smallest absolute Gasteiger partial charge is 0.165 e. The highest BCUT2D eigenvalue weighted by Gasteiger charge is 2.05. The lowest BCUT2D eigenvalue weighted by atomic mass is 10.2. The molecule has 0 aliphatic rings. The number of nitriles is 1. The first-order valence-corrected chi connectivity index (χ1v) is 6.42. The molecule has 2 rings (SSSR count). The Morgan fingerprint density at radius 3 is 3.00 bits per heavy atom. The molecule has 0 atom stereocenters. The van der Waals surface area contributed by atoms with Crippen molar-refractivity contribution in [3.63, 3.8) is 0 Å². The van der Waals surface area contributed by atoms with Crippen LogP contribution >= 0.6 is 15.9 Å². The Morgan fingerprint density at radius 1 is 1.50 bits per heavy atom. The van der Waals surface area contributed by atoms with Gasteiger partial charge < -0.3 is 4.74 Å². The molecule has 0 aliphatic carbocycles. The zero-order valence-corrected chi connectivity index (χ0v) is 11.5. The second-order valence-electron chi connectivity index (χ2n) is 3.80. The van der Waals surface area contributed by atoms with Gasteiger partial charge in [-0.1, -0.05) is 6.92 Å². The minimum absolute atomic E-state index is 0.593. The molecule has 0 fully saturated rings. The molecule has 0 saturated heterocycles. The lowest BCUT2D eigenvalue weighted by molar-refractivity contribution is 0.477. The van der Waals surface area contributed by atoms with Crippen LogP contribution in [0.2, 0.25) is 0 Å². The maximum atomic E-state index is 8.78. The van der Waals surface area contributed by atoms with Crippen molar-refractivity contribution in [2.45, 2.75) is 19.9 Å². The highest BCUT2D eigenvalue weighted by Crippen LogP contribution is 2.30. The van der Waals surface area contributed by atoms with Crippen molar-refractivity contribution in [3.8, 4) is 17.6 Å². The van der Waals surface area contributed by atoms with Gasteiger partial charge in [0.1, 0.15) is 5.75 Å². The van der Waals surface area contributed by atoms with Gasteiger partial charge in [-0.25, -0.2) is 0 Å². The number of hydrogen-bond donors (Lipinski definition) is 0. The highest BCUT2D eigenvalue weighted by atomic mass is 79.9. The van der Waals surface area contributed by atoms with Gasteiger partial charge in [0, 0.05) is 6.54 Å².